The first-order chi connectivity index (χ1) is 19.7. The molecule has 6 heterocycles. The lowest BCUT2D eigenvalue weighted by Gasteiger charge is -2.27. The highest BCUT2D eigenvalue weighted by molar-refractivity contribution is 5.96. The zero-order valence-corrected chi connectivity index (χ0v) is 22.5. The molecule has 0 aliphatic carbocycles. The van der Waals surface area contributed by atoms with Crippen molar-refractivity contribution in [1.29, 1.82) is 0 Å². The van der Waals surface area contributed by atoms with E-state index in [1.165, 1.54) is 12.8 Å². The highest BCUT2D eigenvalue weighted by Crippen LogP contribution is 2.47. The number of ether oxygens (including phenoxy) is 2. The molecule has 0 amide bonds. The van der Waals surface area contributed by atoms with E-state index >= 15 is 0 Å². The van der Waals surface area contributed by atoms with Crippen LogP contribution in [0.1, 0.15) is 61.1 Å². The molecule has 3 aliphatic rings. The molecule has 3 aliphatic heterocycles. The minimum atomic E-state index is -0.230. The number of nitrogens with one attached hydrogen (secondary N) is 5. The van der Waals surface area contributed by atoms with Crippen LogP contribution in [-0.2, 0) is 4.74 Å². The molecule has 0 radical (unpaired) electrons. The van der Waals surface area contributed by atoms with Gasteiger partial charge in [0.15, 0.2) is 0 Å². The molecule has 0 spiro atoms. The summed E-state index contributed by atoms with van der Waals surface area (Å²) in [6.45, 7) is 2.55. The Bertz CT molecular complexity index is 1690. The first-order valence-electron chi connectivity index (χ1n) is 14.3. The van der Waals surface area contributed by atoms with Gasteiger partial charge in [0.1, 0.15) is 23.5 Å². The van der Waals surface area contributed by atoms with Crippen LogP contribution in [0.3, 0.4) is 0 Å². The van der Waals surface area contributed by atoms with Crippen LogP contribution in [0.2, 0.25) is 0 Å². The average Bonchev–Trinajstić information content (AvgIpc) is 3.80. The Morgan fingerprint density at radius 3 is 2.17 bits per heavy atom. The van der Waals surface area contributed by atoms with Gasteiger partial charge in [-0.05, 0) is 63.0 Å². The van der Waals surface area contributed by atoms with Crippen molar-refractivity contribution >= 4 is 10.9 Å². The van der Waals surface area contributed by atoms with Crippen LogP contribution in [-0.4, -0.2) is 51.7 Å². The van der Waals surface area contributed by atoms with Crippen molar-refractivity contribution in [3.8, 4) is 39.5 Å². The summed E-state index contributed by atoms with van der Waals surface area (Å²) in [6, 6.07) is 13.5. The molecule has 9 nitrogen and oxygen atoms in total. The molecule has 3 unspecified atom stereocenters. The fraction of sp³-hybridized carbons (Fsp3) is 0.355. The number of imidazole rings is 2. The first kappa shape index (κ1) is 23.9. The standard InChI is InChI=1S/C31H33N7O2/c1-39-16-27-28-20-12-17(24-14-34-30(37-24)22-4-2-10-32-22)7-9-21(20)36-29(28)19-8-6-18(13-26(19)40-27)25-15-35-31(38-25)23-5-3-11-33-23/h6-9,12-15,22-23,27,32-33,36H,2-5,10-11,16H2,1H3,(H,34,37)(H,35,38). The molecule has 9 heteroatoms. The van der Waals surface area contributed by atoms with E-state index in [9.17, 15) is 0 Å². The third-order valence-corrected chi connectivity index (χ3v) is 8.59. The fourth-order valence-corrected chi connectivity index (χ4v) is 6.56. The van der Waals surface area contributed by atoms with Gasteiger partial charge in [0, 0.05) is 40.3 Å². The number of nitrogens with zero attached hydrogens (tertiary/aromatic N) is 2. The number of benzene rings is 2. The van der Waals surface area contributed by atoms with Gasteiger partial charge in [0.05, 0.1) is 48.2 Å². The number of aromatic nitrogens is 5. The van der Waals surface area contributed by atoms with E-state index in [1.807, 2.05) is 12.4 Å². The van der Waals surface area contributed by atoms with E-state index < -0.39 is 0 Å². The number of hydrogen-bond acceptors (Lipinski definition) is 6. The lowest BCUT2D eigenvalue weighted by Crippen LogP contribution is -2.18. The molecule has 204 valence electrons. The molecule has 5 aromatic rings. The number of H-pyrrole nitrogens is 3. The van der Waals surface area contributed by atoms with Gasteiger partial charge >= 0.3 is 0 Å². The van der Waals surface area contributed by atoms with Crippen LogP contribution in [0.25, 0.3) is 44.7 Å². The molecule has 2 saturated heterocycles. The second kappa shape index (κ2) is 9.62. The maximum atomic E-state index is 6.63. The van der Waals surface area contributed by atoms with Crippen molar-refractivity contribution in [3.05, 3.63) is 66.0 Å². The maximum Gasteiger partial charge on any atom is 0.150 e. The normalized spacial score (nSPS) is 22.0. The summed E-state index contributed by atoms with van der Waals surface area (Å²) in [5, 5.41) is 8.18. The average molecular weight is 536 g/mol. The second-order valence-electron chi connectivity index (χ2n) is 11.1. The summed E-state index contributed by atoms with van der Waals surface area (Å²) in [5.74, 6) is 2.86. The van der Waals surface area contributed by atoms with E-state index in [2.05, 4.69) is 72.0 Å². The van der Waals surface area contributed by atoms with Crippen molar-refractivity contribution in [2.24, 2.45) is 0 Å². The molecule has 3 atom stereocenters. The van der Waals surface area contributed by atoms with E-state index in [4.69, 9.17) is 9.47 Å². The third kappa shape index (κ3) is 3.96. The molecule has 5 N–H and O–H groups in total. The Labute approximate surface area is 232 Å². The quantitative estimate of drug-likeness (QED) is 0.195. The number of fused-ring (bicyclic) bond motifs is 5. The summed E-state index contributed by atoms with van der Waals surface area (Å²) in [4.78, 5) is 20.1. The molecule has 40 heavy (non-hydrogen) atoms. The second-order valence-corrected chi connectivity index (χ2v) is 11.1. The van der Waals surface area contributed by atoms with Crippen LogP contribution in [0.4, 0.5) is 0 Å². The van der Waals surface area contributed by atoms with Gasteiger partial charge in [-0.15, -0.1) is 0 Å². The molecule has 2 aromatic carbocycles. The monoisotopic (exact) mass is 535 g/mol. The number of aromatic amines is 3. The lowest BCUT2D eigenvalue weighted by atomic mass is 9.95. The first-order valence-corrected chi connectivity index (χ1v) is 14.3. The van der Waals surface area contributed by atoms with Crippen LogP contribution < -0.4 is 15.4 Å². The van der Waals surface area contributed by atoms with Crippen LogP contribution >= 0.6 is 0 Å². The Balaban J connectivity index is 1.17. The maximum absolute atomic E-state index is 6.63. The minimum Gasteiger partial charge on any atom is -0.482 e. The zero-order chi connectivity index (χ0) is 26.6. The molecule has 0 bridgehead atoms. The summed E-state index contributed by atoms with van der Waals surface area (Å²) >= 11 is 0. The lowest BCUT2D eigenvalue weighted by molar-refractivity contribution is 0.0803. The summed E-state index contributed by atoms with van der Waals surface area (Å²) in [5.41, 5.74) is 8.53. The Morgan fingerprint density at radius 2 is 1.52 bits per heavy atom. The van der Waals surface area contributed by atoms with Crippen molar-refractivity contribution in [3.63, 3.8) is 0 Å². The van der Waals surface area contributed by atoms with Gasteiger partial charge in [-0.2, -0.15) is 0 Å². The van der Waals surface area contributed by atoms with Crippen molar-refractivity contribution in [2.45, 2.75) is 43.9 Å². The molecule has 8 rings (SSSR count). The summed E-state index contributed by atoms with van der Waals surface area (Å²) in [7, 11) is 1.72. The van der Waals surface area contributed by atoms with Gasteiger partial charge in [-0.3, -0.25) is 0 Å². The highest BCUT2D eigenvalue weighted by Gasteiger charge is 2.31. The predicted molar refractivity (Wildman–Crippen MR) is 154 cm³/mol. The Kier molecular flexibility index (Phi) is 5.75. The smallest absolute Gasteiger partial charge is 0.150 e. The van der Waals surface area contributed by atoms with E-state index in [-0.39, 0.29) is 6.10 Å². The van der Waals surface area contributed by atoms with Gasteiger partial charge in [-0.25, -0.2) is 9.97 Å². The molecule has 0 saturated carbocycles. The molecular formula is C31H33N7O2. The summed E-state index contributed by atoms with van der Waals surface area (Å²) < 4.78 is 12.3. The minimum absolute atomic E-state index is 0.230. The number of hydrogen-bond donors (Lipinski definition) is 5. The van der Waals surface area contributed by atoms with Gasteiger partial charge in [-0.1, -0.05) is 12.1 Å². The predicted octanol–water partition coefficient (Wildman–Crippen LogP) is 5.54. The van der Waals surface area contributed by atoms with Gasteiger partial charge < -0.3 is 35.1 Å². The summed E-state index contributed by atoms with van der Waals surface area (Å²) in [6.07, 6.45) is 8.24. The van der Waals surface area contributed by atoms with E-state index in [0.29, 0.717) is 18.7 Å². The van der Waals surface area contributed by atoms with Crippen molar-refractivity contribution < 1.29 is 9.47 Å². The molecule has 2 fully saturated rings. The van der Waals surface area contributed by atoms with Gasteiger partial charge in [0.25, 0.3) is 0 Å². The number of rotatable bonds is 6. The highest BCUT2D eigenvalue weighted by atomic mass is 16.5. The third-order valence-electron chi connectivity index (χ3n) is 8.59. The van der Waals surface area contributed by atoms with Crippen LogP contribution in [0, 0.1) is 0 Å². The van der Waals surface area contributed by atoms with Crippen LogP contribution in [0.15, 0.2) is 48.8 Å². The Morgan fingerprint density at radius 1 is 0.850 bits per heavy atom. The van der Waals surface area contributed by atoms with Crippen molar-refractivity contribution in [1.82, 2.24) is 35.6 Å². The largest absolute Gasteiger partial charge is 0.482 e. The SMILES string of the molecule is COCC1Oc2cc(-c3cnc(C4CCCN4)[nH]3)ccc2-c2[nH]c3ccc(-c4cnc(C5CCCN5)[nH]4)cc3c21. The molecular weight excluding hydrogens is 502 g/mol. The van der Waals surface area contributed by atoms with Gasteiger partial charge in [0.2, 0.25) is 0 Å². The fourth-order valence-electron chi connectivity index (χ4n) is 6.56. The van der Waals surface area contributed by atoms with Crippen molar-refractivity contribution in [2.75, 3.05) is 26.8 Å². The number of methoxy groups -OCH3 is 1. The van der Waals surface area contributed by atoms with E-state index in [0.717, 1.165) is 93.6 Å². The van der Waals surface area contributed by atoms with E-state index in [1.54, 1.807) is 7.11 Å². The molecule has 3 aromatic heterocycles. The Hall–Kier alpha value is -3.92. The van der Waals surface area contributed by atoms with Crippen LogP contribution in [0.5, 0.6) is 5.75 Å². The zero-order valence-electron chi connectivity index (χ0n) is 22.5. The topological polar surface area (TPSA) is 116 Å².